The van der Waals surface area contributed by atoms with Crippen LogP contribution in [0.1, 0.15) is 18.1 Å². The molecule has 0 spiro atoms. The van der Waals surface area contributed by atoms with Crippen LogP contribution >= 0.6 is 0 Å². The van der Waals surface area contributed by atoms with Crippen molar-refractivity contribution < 1.29 is 4.92 Å². The molecule has 0 fully saturated rings. The van der Waals surface area contributed by atoms with Gasteiger partial charge in [-0.15, -0.1) is 0 Å². The number of benzene rings is 1. The predicted molar refractivity (Wildman–Crippen MR) is 55.2 cm³/mol. The second kappa shape index (κ2) is 4.53. The molecule has 0 aromatic heterocycles. The topological polar surface area (TPSA) is 92.9 Å². The van der Waals surface area contributed by atoms with Gasteiger partial charge in [0.15, 0.2) is 0 Å². The van der Waals surface area contributed by atoms with Gasteiger partial charge in [-0.1, -0.05) is 6.07 Å². The maximum absolute atomic E-state index is 10.5. The molecule has 78 valence electrons. The quantitative estimate of drug-likeness (QED) is 0.595. The third-order valence-corrected chi connectivity index (χ3v) is 1.94. The molecule has 1 aromatic carbocycles. The molecule has 0 bridgehead atoms. The minimum atomic E-state index is -0.561. The average molecular weight is 205 g/mol. The van der Waals surface area contributed by atoms with Gasteiger partial charge in [0.1, 0.15) is 11.6 Å². The highest BCUT2D eigenvalue weighted by molar-refractivity contribution is 5.50. The molecule has 5 heteroatoms. The van der Waals surface area contributed by atoms with Crippen molar-refractivity contribution in [2.75, 3.05) is 0 Å². The van der Waals surface area contributed by atoms with Gasteiger partial charge >= 0.3 is 0 Å². The lowest BCUT2D eigenvalue weighted by molar-refractivity contribution is -0.385. The molecule has 0 aliphatic rings. The third kappa shape index (κ3) is 2.76. The maximum atomic E-state index is 10.5. The maximum Gasteiger partial charge on any atom is 0.287 e. The standard InChI is InChI=1S/C10H11N3O2/c1-7(12)4-8-2-3-10(13(14)15)9(5-8)6-11/h2-3,5,7H,4,12H2,1H3. The Balaban J connectivity index is 3.09. The normalized spacial score (nSPS) is 11.8. The first-order valence-corrected chi connectivity index (χ1v) is 4.47. The van der Waals surface area contributed by atoms with Crippen LogP contribution in [-0.4, -0.2) is 11.0 Å². The zero-order chi connectivity index (χ0) is 11.4. The van der Waals surface area contributed by atoms with Crippen molar-refractivity contribution in [2.45, 2.75) is 19.4 Å². The lowest BCUT2D eigenvalue weighted by Crippen LogP contribution is -2.17. The molecule has 0 amide bonds. The van der Waals surface area contributed by atoms with Gasteiger partial charge in [-0.05, 0) is 25.0 Å². The van der Waals surface area contributed by atoms with Crippen LogP contribution in [0.3, 0.4) is 0 Å². The Hall–Kier alpha value is -1.93. The number of hydrogen-bond acceptors (Lipinski definition) is 4. The van der Waals surface area contributed by atoms with Crippen molar-refractivity contribution in [1.29, 1.82) is 5.26 Å². The molecule has 0 radical (unpaired) electrons. The Morgan fingerprint density at radius 1 is 1.67 bits per heavy atom. The van der Waals surface area contributed by atoms with Gasteiger partial charge in [-0.3, -0.25) is 10.1 Å². The van der Waals surface area contributed by atoms with E-state index >= 15 is 0 Å². The van der Waals surface area contributed by atoms with Gasteiger partial charge in [-0.25, -0.2) is 0 Å². The molecular formula is C10H11N3O2. The van der Waals surface area contributed by atoms with Gasteiger partial charge in [0.25, 0.3) is 5.69 Å². The minimum absolute atomic E-state index is 0.0296. The Bertz CT molecular complexity index is 421. The van der Waals surface area contributed by atoms with E-state index in [0.717, 1.165) is 5.56 Å². The van der Waals surface area contributed by atoms with Gasteiger partial charge in [0.2, 0.25) is 0 Å². The van der Waals surface area contributed by atoms with E-state index in [1.54, 1.807) is 6.07 Å². The van der Waals surface area contributed by atoms with Crippen molar-refractivity contribution in [3.8, 4) is 6.07 Å². The van der Waals surface area contributed by atoms with E-state index in [9.17, 15) is 10.1 Å². The summed E-state index contributed by atoms with van der Waals surface area (Å²) in [5.74, 6) is 0. The van der Waals surface area contributed by atoms with E-state index in [0.29, 0.717) is 6.42 Å². The molecule has 0 saturated heterocycles. The van der Waals surface area contributed by atoms with Crippen molar-refractivity contribution in [1.82, 2.24) is 0 Å². The van der Waals surface area contributed by atoms with Crippen molar-refractivity contribution in [2.24, 2.45) is 5.73 Å². The van der Waals surface area contributed by atoms with E-state index in [4.69, 9.17) is 11.0 Å². The van der Waals surface area contributed by atoms with Gasteiger partial charge < -0.3 is 5.73 Å². The first kappa shape index (κ1) is 11.1. The smallest absolute Gasteiger partial charge is 0.287 e. The number of rotatable bonds is 3. The Morgan fingerprint density at radius 3 is 2.80 bits per heavy atom. The fourth-order valence-corrected chi connectivity index (χ4v) is 1.33. The number of nitrogens with zero attached hydrogens (tertiary/aromatic N) is 2. The van der Waals surface area contributed by atoms with Gasteiger partial charge in [0.05, 0.1) is 4.92 Å². The van der Waals surface area contributed by atoms with E-state index in [-0.39, 0.29) is 17.3 Å². The summed E-state index contributed by atoms with van der Waals surface area (Å²) >= 11 is 0. The molecule has 2 N–H and O–H groups in total. The molecule has 15 heavy (non-hydrogen) atoms. The summed E-state index contributed by atoms with van der Waals surface area (Å²) in [6.45, 7) is 1.84. The molecule has 1 unspecified atom stereocenters. The first-order valence-electron chi connectivity index (χ1n) is 4.47. The molecule has 0 saturated carbocycles. The Morgan fingerprint density at radius 2 is 2.33 bits per heavy atom. The average Bonchev–Trinajstić information content (AvgIpc) is 2.16. The second-order valence-electron chi connectivity index (χ2n) is 3.40. The summed E-state index contributed by atoms with van der Waals surface area (Å²) in [5.41, 5.74) is 6.36. The highest BCUT2D eigenvalue weighted by atomic mass is 16.6. The Kier molecular flexibility index (Phi) is 3.37. The highest BCUT2D eigenvalue weighted by Gasteiger charge is 2.13. The zero-order valence-electron chi connectivity index (χ0n) is 8.30. The molecule has 5 nitrogen and oxygen atoms in total. The number of nitro groups is 1. The zero-order valence-corrected chi connectivity index (χ0v) is 8.30. The molecule has 0 heterocycles. The van der Waals surface area contributed by atoms with Crippen molar-refractivity contribution in [3.63, 3.8) is 0 Å². The van der Waals surface area contributed by atoms with Crippen LogP contribution < -0.4 is 5.73 Å². The monoisotopic (exact) mass is 205 g/mol. The Labute approximate surface area is 87.3 Å². The molecule has 1 atom stereocenters. The van der Waals surface area contributed by atoms with Crippen molar-refractivity contribution in [3.05, 3.63) is 39.4 Å². The summed E-state index contributed by atoms with van der Waals surface area (Å²) in [7, 11) is 0. The molecule has 1 rings (SSSR count). The first-order chi connectivity index (χ1) is 7.04. The number of nitrogens with two attached hydrogens (primary N) is 1. The van der Waals surface area contributed by atoms with Crippen LogP contribution in [0.15, 0.2) is 18.2 Å². The summed E-state index contributed by atoms with van der Waals surface area (Å²) in [6.07, 6.45) is 0.604. The van der Waals surface area contributed by atoms with Gasteiger partial charge in [-0.2, -0.15) is 5.26 Å². The fourth-order valence-electron chi connectivity index (χ4n) is 1.33. The van der Waals surface area contributed by atoms with E-state index in [1.807, 2.05) is 13.0 Å². The highest BCUT2D eigenvalue weighted by Crippen LogP contribution is 2.19. The van der Waals surface area contributed by atoms with Crippen LogP contribution in [0.2, 0.25) is 0 Å². The number of hydrogen-bond donors (Lipinski definition) is 1. The minimum Gasteiger partial charge on any atom is -0.328 e. The largest absolute Gasteiger partial charge is 0.328 e. The van der Waals surface area contributed by atoms with Crippen LogP contribution in [0, 0.1) is 21.4 Å². The van der Waals surface area contributed by atoms with Crippen molar-refractivity contribution >= 4 is 5.69 Å². The molecule has 0 aliphatic heterocycles. The molecular weight excluding hydrogens is 194 g/mol. The second-order valence-corrected chi connectivity index (χ2v) is 3.40. The third-order valence-electron chi connectivity index (χ3n) is 1.94. The van der Waals surface area contributed by atoms with E-state index in [1.165, 1.54) is 12.1 Å². The van der Waals surface area contributed by atoms with E-state index < -0.39 is 4.92 Å². The summed E-state index contributed by atoms with van der Waals surface area (Å²) in [5, 5.41) is 19.3. The number of nitro benzene ring substituents is 1. The summed E-state index contributed by atoms with van der Waals surface area (Å²) < 4.78 is 0. The van der Waals surface area contributed by atoms with Gasteiger partial charge in [0, 0.05) is 12.1 Å². The summed E-state index contributed by atoms with van der Waals surface area (Å²) in [6, 6.07) is 6.26. The number of nitriles is 1. The lowest BCUT2D eigenvalue weighted by atomic mass is 10.0. The molecule has 0 aliphatic carbocycles. The van der Waals surface area contributed by atoms with Crippen LogP contribution in [0.5, 0.6) is 0 Å². The fraction of sp³-hybridized carbons (Fsp3) is 0.300. The lowest BCUT2D eigenvalue weighted by Gasteiger charge is -2.05. The van der Waals surface area contributed by atoms with Crippen LogP contribution in [0.25, 0.3) is 0 Å². The predicted octanol–water partition coefficient (Wildman–Crippen LogP) is 1.36. The van der Waals surface area contributed by atoms with Crippen LogP contribution in [0.4, 0.5) is 5.69 Å². The molecule has 1 aromatic rings. The van der Waals surface area contributed by atoms with E-state index in [2.05, 4.69) is 0 Å². The SMILES string of the molecule is CC(N)Cc1ccc([N+](=O)[O-])c(C#N)c1. The van der Waals surface area contributed by atoms with Crippen LogP contribution in [-0.2, 0) is 6.42 Å². The summed E-state index contributed by atoms with van der Waals surface area (Å²) in [4.78, 5) is 9.98.